The Morgan fingerprint density at radius 3 is 2.64 bits per heavy atom. The van der Waals surface area contributed by atoms with E-state index < -0.39 is 53.4 Å². The van der Waals surface area contributed by atoms with E-state index in [1.165, 1.54) is 24.4 Å². The van der Waals surface area contributed by atoms with Gasteiger partial charge in [-0.15, -0.1) is 5.10 Å². The van der Waals surface area contributed by atoms with Gasteiger partial charge in [-0.25, -0.2) is 8.78 Å². The molecular weight excluding hydrogens is 638 g/mol. The third-order valence-corrected chi connectivity index (χ3v) is 7.85. The van der Waals surface area contributed by atoms with Crippen molar-refractivity contribution in [2.24, 2.45) is 5.73 Å². The van der Waals surface area contributed by atoms with Gasteiger partial charge in [-0.1, -0.05) is 22.9 Å². The fraction of sp³-hybridized carbons (Fsp3) is 0.333. The molecule has 2 aromatic heterocycles. The lowest BCUT2D eigenvalue weighted by Gasteiger charge is -2.19. The topological polar surface area (TPSA) is 206 Å². The van der Waals surface area contributed by atoms with E-state index >= 15 is 0 Å². The molecule has 0 radical (unpaired) electrons. The number of hydrogen-bond donors (Lipinski definition) is 3. The molecule has 1 aliphatic rings. The highest BCUT2D eigenvalue weighted by atomic mass is 32.2. The Balaban J connectivity index is 0.000000385. The molecule has 5 rings (SSSR count). The number of nitrogens with one attached hydrogen (secondary N) is 1. The van der Waals surface area contributed by atoms with Gasteiger partial charge in [0.2, 0.25) is 5.91 Å². The van der Waals surface area contributed by atoms with Gasteiger partial charge < -0.3 is 20.7 Å². The van der Waals surface area contributed by atoms with Crippen LogP contribution in [-0.2, 0) is 28.1 Å². The fourth-order valence-corrected chi connectivity index (χ4v) is 5.07. The Labute approximate surface area is 268 Å². The zero-order chi connectivity index (χ0) is 34.2. The van der Waals surface area contributed by atoms with Gasteiger partial charge in [-0.05, 0) is 56.3 Å². The number of fused-ring (bicyclic) bond motifs is 1. The summed E-state index contributed by atoms with van der Waals surface area (Å²) >= 11 is 0. The first-order valence-electron chi connectivity index (χ1n) is 14.3. The summed E-state index contributed by atoms with van der Waals surface area (Å²) in [5.74, 6) is -4.01. The number of amides is 2. The van der Waals surface area contributed by atoms with Crippen molar-refractivity contribution in [3.8, 4) is 11.8 Å². The minimum Gasteiger partial charge on any atom is -0.487 e. The summed E-state index contributed by atoms with van der Waals surface area (Å²) in [7, 11) is -4.02. The number of ether oxygens (including phenoxy) is 1. The molecule has 1 fully saturated rings. The summed E-state index contributed by atoms with van der Waals surface area (Å²) in [4.78, 5) is 30.2. The van der Waals surface area contributed by atoms with Gasteiger partial charge in [0.1, 0.15) is 24.1 Å². The predicted molar refractivity (Wildman–Crippen MR) is 164 cm³/mol. The van der Waals surface area contributed by atoms with Crippen molar-refractivity contribution in [1.82, 2.24) is 30.2 Å². The van der Waals surface area contributed by atoms with Crippen molar-refractivity contribution in [2.45, 2.75) is 49.8 Å². The maximum atomic E-state index is 13.6. The molecule has 0 spiro atoms. The molecule has 0 unspecified atom stereocenters. The lowest BCUT2D eigenvalue weighted by molar-refractivity contribution is -0.131. The number of halogens is 2. The van der Waals surface area contributed by atoms with Crippen molar-refractivity contribution in [3.63, 3.8) is 0 Å². The number of aryl methyl sites for hydroxylation is 2. The van der Waals surface area contributed by atoms with Gasteiger partial charge in [0.05, 0.1) is 41.3 Å². The van der Waals surface area contributed by atoms with Crippen molar-refractivity contribution >= 4 is 32.8 Å². The molecular formula is C30H32F2N8O6S. The molecule has 0 saturated carbocycles. The van der Waals surface area contributed by atoms with Crippen molar-refractivity contribution in [1.29, 1.82) is 5.26 Å². The SMILES string of the molecule is Cc1ccc(S(=O)(=O)O)cc1.N#C[C@@H]1CC(F)(F)CN1C(=O)CNC(=O)c1ccnc2ccc(OCc3cn(CCCN)nn3)cc12. The number of alkyl halides is 2. The summed E-state index contributed by atoms with van der Waals surface area (Å²) in [6.07, 6.45) is 3.28. The van der Waals surface area contributed by atoms with Crippen LogP contribution < -0.4 is 15.8 Å². The molecule has 1 aliphatic heterocycles. The fourth-order valence-electron chi connectivity index (χ4n) is 4.59. The lowest BCUT2D eigenvalue weighted by Crippen LogP contribution is -2.43. The molecule has 4 aromatic rings. The number of likely N-dealkylation sites (tertiary alicyclic amines) is 1. The number of nitrogens with zero attached hydrogens (tertiary/aromatic N) is 6. The molecule has 14 nitrogen and oxygen atoms in total. The standard InChI is InChI=1S/C23H24F2N8O3.C7H8O3S/c24-23(25)9-16(10-27)33(14-23)21(34)11-29-22(35)18-4-6-28-20-3-2-17(8-19(18)20)36-13-15-12-32(31-30-15)7-1-5-26;1-6-2-4-7(5-3-6)11(8,9)10/h2-4,6,8,12,16H,1,5,7,9,11,13-14,26H2,(H,29,35);2-5H,1H3,(H,8,9,10)/t16-;/m0./s1. The normalized spacial score (nSPS) is 15.4. The van der Waals surface area contributed by atoms with E-state index in [0.29, 0.717) is 35.4 Å². The molecule has 4 N–H and O–H groups in total. The number of nitrogens with two attached hydrogens (primary N) is 1. The number of pyridine rings is 1. The van der Waals surface area contributed by atoms with Crippen LogP contribution in [-0.4, -0.2) is 81.3 Å². The van der Waals surface area contributed by atoms with E-state index in [2.05, 4.69) is 20.6 Å². The van der Waals surface area contributed by atoms with Gasteiger partial charge >= 0.3 is 0 Å². The number of rotatable bonds is 10. The minimum atomic E-state index is -4.02. The van der Waals surface area contributed by atoms with Gasteiger partial charge in [-0.3, -0.25) is 23.8 Å². The van der Waals surface area contributed by atoms with Crippen molar-refractivity contribution in [2.75, 3.05) is 19.6 Å². The van der Waals surface area contributed by atoms with Crippen LogP contribution in [0.15, 0.2) is 65.8 Å². The zero-order valence-corrected chi connectivity index (χ0v) is 26.0. The number of carbonyl (C=O) groups excluding carboxylic acids is 2. The summed E-state index contributed by atoms with van der Waals surface area (Å²) < 4.78 is 64.3. The van der Waals surface area contributed by atoms with E-state index in [1.807, 2.05) is 6.92 Å². The van der Waals surface area contributed by atoms with Crippen molar-refractivity contribution < 1.29 is 36.1 Å². The first-order valence-corrected chi connectivity index (χ1v) is 15.7. The number of nitriles is 1. The van der Waals surface area contributed by atoms with Crippen LogP contribution >= 0.6 is 0 Å². The van der Waals surface area contributed by atoms with Crippen LogP contribution in [0.3, 0.4) is 0 Å². The summed E-state index contributed by atoms with van der Waals surface area (Å²) in [6.45, 7) is 1.84. The van der Waals surface area contributed by atoms with Crippen LogP contribution in [0.1, 0.15) is 34.5 Å². The van der Waals surface area contributed by atoms with Crippen LogP contribution in [0.5, 0.6) is 5.75 Å². The summed E-state index contributed by atoms with van der Waals surface area (Å²) in [5, 5.41) is 20.1. The lowest BCUT2D eigenvalue weighted by atomic mass is 10.1. The maximum absolute atomic E-state index is 13.6. The average Bonchev–Trinajstić information content (AvgIpc) is 3.63. The van der Waals surface area contributed by atoms with Gasteiger partial charge in [0.25, 0.3) is 21.9 Å². The predicted octanol–water partition coefficient (Wildman–Crippen LogP) is 2.49. The molecule has 0 aliphatic carbocycles. The van der Waals surface area contributed by atoms with Crippen LogP contribution in [0.4, 0.5) is 8.78 Å². The second kappa shape index (κ2) is 15.0. The molecule has 2 aromatic carbocycles. The van der Waals surface area contributed by atoms with Crippen LogP contribution in [0.25, 0.3) is 10.9 Å². The monoisotopic (exact) mass is 670 g/mol. The molecule has 47 heavy (non-hydrogen) atoms. The molecule has 1 atom stereocenters. The highest BCUT2D eigenvalue weighted by Gasteiger charge is 2.47. The third kappa shape index (κ3) is 9.48. The van der Waals surface area contributed by atoms with Crippen LogP contribution in [0, 0.1) is 18.3 Å². The smallest absolute Gasteiger partial charge is 0.294 e. The quantitative estimate of drug-likeness (QED) is 0.209. The van der Waals surface area contributed by atoms with E-state index in [-0.39, 0.29) is 17.1 Å². The van der Waals surface area contributed by atoms with Gasteiger partial charge in [0.15, 0.2) is 0 Å². The number of aromatic nitrogens is 4. The highest BCUT2D eigenvalue weighted by molar-refractivity contribution is 7.85. The number of benzene rings is 2. The maximum Gasteiger partial charge on any atom is 0.294 e. The van der Waals surface area contributed by atoms with Crippen molar-refractivity contribution in [3.05, 3.63) is 77.7 Å². The zero-order valence-electron chi connectivity index (χ0n) is 25.2. The third-order valence-electron chi connectivity index (χ3n) is 6.98. The Kier molecular flexibility index (Phi) is 11.1. The molecule has 3 heterocycles. The first kappa shape index (κ1) is 34.8. The van der Waals surface area contributed by atoms with E-state index in [0.717, 1.165) is 16.9 Å². The number of hydrogen-bond acceptors (Lipinski definition) is 10. The number of carbonyl (C=O) groups is 2. The van der Waals surface area contributed by atoms with Gasteiger partial charge in [0, 0.05) is 24.5 Å². The minimum absolute atomic E-state index is 0.0666. The summed E-state index contributed by atoms with van der Waals surface area (Å²) in [6, 6.07) is 13.0. The average molecular weight is 671 g/mol. The molecule has 0 bridgehead atoms. The second-order valence-corrected chi connectivity index (χ2v) is 12.1. The molecule has 248 valence electrons. The molecule has 1 saturated heterocycles. The van der Waals surface area contributed by atoms with E-state index in [4.69, 9.17) is 20.3 Å². The van der Waals surface area contributed by atoms with E-state index in [1.54, 1.807) is 47.3 Å². The Morgan fingerprint density at radius 2 is 1.96 bits per heavy atom. The Bertz CT molecular complexity index is 1880. The first-order chi connectivity index (χ1) is 22.3. The molecule has 17 heteroatoms. The molecule has 2 amide bonds. The second-order valence-electron chi connectivity index (χ2n) is 10.6. The highest BCUT2D eigenvalue weighted by Crippen LogP contribution is 2.31. The Hall–Kier alpha value is -5.05. The largest absolute Gasteiger partial charge is 0.487 e. The van der Waals surface area contributed by atoms with Gasteiger partial charge in [-0.2, -0.15) is 13.7 Å². The van der Waals surface area contributed by atoms with Crippen LogP contribution in [0.2, 0.25) is 0 Å². The van der Waals surface area contributed by atoms with E-state index in [9.17, 15) is 26.8 Å². The summed E-state index contributed by atoms with van der Waals surface area (Å²) in [5.41, 5.74) is 7.84. The Morgan fingerprint density at radius 1 is 1.21 bits per heavy atom.